The Hall–Kier alpha value is -3.31. The minimum Gasteiger partial charge on any atom is -0.476 e. The zero-order chi connectivity index (χ0) is 19.7. The quantitative estimate of drug-likeness (QED) is 0.452. The lowest BCUT2D eigenvalue weighted by atomic mass is 10.2. The third-order valence-corrected chi connectivity index (χ3v) is 4.65. The van der Waals surface area contributed by atoms with E-state index >= 15 is 0 Å². The summed E-state index contributed by atoms with van der Waals surface area (Å²) in [6.45, 7) is 0.277. The van der Waals surface area contributed by atoms with E-state index in [1.54, 1.807) is 47.0 Å². The van der Waals surface area contributed by atoms with Gasteiger partial charge in [0.2, 0.25) is 0 Å². The highest BCUT2D eigenvalue weighted by atomic mass is 35.5. The molecular weight excluding hydrogens is 381 g/mol. The number of hydrogen-bond donors (Lipinski definition) is 1. The van der Waals surface area contributed by atoms with Gasteiger partial charge in [-0.2, -0.15) is 0 Å². The lowest BCUT2D eigenvalue weighted by Gasteiger charge is -2.10. The van der Waals surface area contributed by atoms with Crippen molar-refractivity contribution in [3.8, 4) is 11.5 Å². The number of aromatic nitrogens is 1. The molecule has 0 fully saturated rings. The molecule has 3 aromatic carbocycles. The number of aromatic carboxylic acids is 1. The van der Waals surface area contributed by atoms with E-state index in [0.29, 0.717) is 21.7 Å². The van der Waals surface area contributed by atoms with E-state index in [1.807, 2.05) is 18.2 Å². The van der Waals surface area contributed by atoms with Gasteiger partial charge in [-0.05, 0) is 48.0 Å². The van der Waals surface area contributed by atoms with E-state index in [0.717, 1.165) is 5.56 Å². The van der Waals surface area contributed by atoms with Crippen LogP contribution in [0, 0.1) is 5.82 Å². The van der Waals surface area contributed by atoms with Crippen molar-refractivity contribution in [1.29, 1.82) is 0 Å². The van der Waals surface area contributed by atoms with Crippen LogP contribution in [0.25, 0.3) is 10.9 Å². The van der Waals surface area contributed by atoms with Crippen LogP contribution in [0.5, 0.6) is 11.5 Å². The number of benzene rings is 3. The molecule has 1 N–H and O–H groups in total. The Morgan fingerprint density at radius 1 is 1.04 bits per heavy atom. The van der Waals surface area contributed by atoms with Crippen molar-refractivity contribution in [3.05, 3.63) is 94.9 Å². The largest absolute Gasteiger partial charge is 0.476 e. The number of fused-ring (bicyclic) bond motifs is 1. The van der Waals surface area contributed by atoms with E-state index in [4.69, 9.17) is 16.3 Å². The van der Waals surface area contributed by atoms with Gasteiger partial charge in [0.05, 0.1) is 5.52 Å². The summed E-state index contributed by atoms with van der Waals surface area (Å²) in [5.74, 6) is -1.04. The standard InChI is InChI=1S/C22H15ClFNO3/c23-15-8-6-14(7-9-15)13-25-19-11-10-16(24)12-18(19)21(20(25)22(26)27)28-17-4-2-1-3-5-17/h1-12H,13H2,(H,26,27). The number of ether oxygens (including phenoxy) is 1. The normalized spacial score (nSPS) is 10.9. The Morgan fingerprint density at radius 2 is 1.75 bits per heavy atom. The first kappa shape index (κ1) is 18.1. The van der Waals surface area contributed by atoms with E-state index in [2.05, 4.69) is 0 Å². The van der Waals surface area contributed by atoms with Crippen LogP contribution in [0.15, 0.2) is 72.8 Å². The van der Waals surface area contributed by atoms with Crippen LogP contribution in [0.4, 0.5) is 4.39 Å². The average Bonchev–Trinajstić information content (AvgIpc) is 2.97. The lowest BCUT2D eigenvalue weighted by molar-refractivity contribution is 0.0683. The van der Waals surface area contributed by atoms with E-state index < -0.39 is 11.8 Å². The van der Waals surface area contributed by atoms with Crippen molar-refractivity contribution >= 4 is 28.5 Å². The number of halogens is 2. The Balaban J connectivity index is 1.91. The third kappa shape index (κ3) is 3.44. The first-order valence-corrected chi connectivity index (χ1v) is 8.93. The number of para-hydroxylation sites is 1. The van der Waals surface area contributed by atoms with Crippen molar-refractivity contribution in [2.45, 2.75) is 6.54 Å². The van der Waals surface area contributed by atoms with Crippen LogP contribution in [0.3, 0.4) is 0 Å². The van der Waals surface area contributed by atoms with Gasteiger partial charge in [-0.15, -0.1) is 0 Å². The summed E-state index contributed by atoms with van der Waals surface area (Å²) in [4.78, 5) is 12.1. The van der Waals surface area contributed by atoms with Gasteiger partial charge < -0.3 is 14.4 Å². The zero-order valence-corrected chi connectivity index (χ0v) is 15.4. The number of carboxylic acids is 1. The van der Waals surface area contributed by atoms with Gasteiger partial charge in [0.25, 0.3) is 0 Å². The molecule has 6 heteroatoms. The molecule has 0 atom stereocenters. The van der Waals surface area contributed by atoms with Gasteiger partial charge in [-0.3, -0.25) is 0 Å². The maximum atomic E-state index is 13.9. The molecule has 4 aromatic rings. The fourth-order valence-electron chi connectivity index (χ4n) is 3.15. The molecule has 0 aliphatic carbocycles. The van der Waals surface area contributed by atoms with Gasteiger partial charge in [0.1, 0.15) is 11.6 Å². The smallest absolute Gasteiger partial charge is 0.356 e. The lowest BCUT2D eigenvalue weighted by Crippen LogP contribution is -2.10. The molecule has 0 saturated carbocycles. The van der Waals surface area contributed by atoms with Gasteiger partial charge in [0, 0.05) is 17.0 Å². The summed E-state index contributed by atoms with van der Waals surface area (Å²) in [6, 6.07) is 20.1. The van der Waals surface area contributed by atoms with Crippen LogP contribution in [-0.4, -0.2) is 15.6 Å². The van der Waals surface area contributed by atoms with Crippen molar-refractivity contribution in [3.63, 3.8) is 0 Å². The van der Waals surface area contributed by atoms with E-state index in [1.165, 1.54) is 12.1 Å². The van der Waals surface area contributed by atoms with Crippen molar-refractivity contribution in [2.24, 2.45) is 0 Å². The van der Waals surface area contributed by atoms with Crippen molar-refractivity contribution < 1.29 is 19.0 Å². The highest BCUT2D eigenvalue weighted by Gasteiger charge is 2.25. The maximum Gasteiger partial charge on any atom is 0.356 e. The molecule has 0 aliphatic rings. The predicted octanol–water partition coefficient (Wildman–Crippen LogP) is 5.97. The molecule has 0 bridgehead atoms. The van der Waals surface area contributed by atoms with E-state index in [9.17, 15) is 14.3 Å². The van der Waals surface area contributed by atoms with Gasteiger partial charge >= 0.3 is 5.97 Å². The van der Waals surface area contributed by atoms with Gasteiger partial charge in [-0.25, -0.2) is 9.18 Å². The number of rotatable bonds is 5. The molecule has 0 aliphatic heterocycles. The summed E-state index contributed by atoms with van der Waals surface area (Å²) < 4.78 is 21.4. The van der Waals surface area contributed by atoms with Crippen molar-refractivity contribution in [1.82, 2.24) is 4.57 Å². The number of carboxylic acid groups (broad SMARTS) is 1. The molecule has 0 radical (unpaired) electrons. The molecular formula is C22H15ClFNO3. The van der Waals surface area contributed by atoms with Crippen LogP contribution < -0.4 is 4.74 Å². The Morgan fingerprint density at radius 3 is 2.43 bits per heavy atom. The van der Waals surface area contributed by atoms with Crippen LogP contribution >= 0.6 is 11.6 Å². The van der Waals surface area contributed by atoms with Gasteiger partial charge in [-0.1, -0.05) is 41.9 Å². The summed E-state index contributed by atoms with van der Waals surface area (Å²) >= 11 is 5.94. The Bertz CT molecular complexity index is 1150. The SMILES string of the molecule is O=C(O)c1c(Oc2ccccc2)c2cc(F)ccc2n1Cc1ccc(Cl)cc1. The van der Waals surface area contributed by atoms with Crippen LogP contribution in [0.1, 0.15) is 16.1 Å². The molecule has 0 spiro atoms. The molecule has 1 aromatic heterocycles. The summed E-state index contributed by atoms with van der Waals surface area (Å²) in [5.41, 5.74) is 1.39. The summed E-state index contributed by atoms with van der Waals surface area (Å²) in [5, 5.41) is 10.9. The predicted molar refractivity (Wildman–Crippen MR) is 106 cm³/mol. The fraction of sp³-hybridized carbons (Fsp3) is 0.0455. The molecule has 0 amide bonds. The number of carbonyl (C=O) groups is 1. The van der Waals surface area contributed by atoms with Gasteiger partial charge in [0.15, 0.2) is 11.4 Å². The highest BCUT2D eigenvalue weighted by Crippen LogP contribution is 2.37. The average molecular weight is 396 g/mol. The molecule has 0 unspecified atom stereocenters. The molecule has 28 heavy (non-hydrogen) atoms. The molecule has 1 heterocycles. The minimum absolute atomic E-state index is 0.0422. The Kier molecular flexibility index (Phi) is 4.75. The first-order valence-electron chi connectivity index (χ1n) is 8.55. The first-order chi connectivity index (χ1) is 13.5. The fourth-order valence-corrected chi connectivity index (χ4v) is 3.28. The van der Waals surface area contributed by atoms with E-state index in [-0.39, 0.29) is 18.0 Å². The zero-order valence-electron chi connectivity index (χ0n) is 14.6. The second-order valence-corrected chi connectivity index (χ2v) is 6.71. The molecule has 0 saturated heterocycles. The molecule has 140 valence electrons. The monoisotopic (exact) mass is 395 g/mol. The summed E-state index contributed by atoms with van der Waals surface area (Å²) in [7, 11) is 0. The number of nitrogens with zero attached hydrogens (tertiary/aromatic N) is 1. The third-order valence-electron chi connectivity index (χ3n) is 4.40. The minimum atomic E-state index is -1.16. The topological polar surface area (TPSA) is 51.5 Å². The second kappa shape index (κ2) is 7.37. The molecule has 4 rings (SSSR count). The van der Waals surface area contributed by atoms with Crippen LogP contribution in [0.2, 0.25) is 5.02 Å². The summed E-state index contributed by atoms with van der Waals surface area (Å²) in [6.07, 6.45) is 0. The Labute approximate surface area is 165 Å². The highest BCUT2D eigenvalue weighted by molar-refractivity contribution is 6.30. The number of hydrogen-bond acceptors (Lipinski definition) is 2. The molecule has 4 nitrogen and oxygen atoms in total. The second-order valence-electron chi connectivity index (χ2n) is 6.27. The maximum absolute atomic E-state index is 13.9. The van der Waals surface area contributed by atoms with Crippen LogP contribution in [-0.2, 0) is 6.54 Å². The van der Waals surface area contributed by atoms with Crippen molar-refractivity contribution in [2.75, 3.05) is 0 Å².